The van der Waals surface area contributed by atoms with Crippen LogP contribution in [0.3, 0.4) is 0 Å². The van der Waals surface area contributed by atoms with E-state index in [1.54, 1.807) is 12.1 Å². The van der Waals surface area contributed by atoms with E-state index in [2.05, 4.69) is 16.3 Å². The highest BCUT2D eigenvalue weighted by Gasteiger charge is 2.44. The number of likely N-dealkylation sites (tertiary alicyclic amines) is 1. The average Bonchev–Trinajstić information content (AvgIpc) is 3.32. The van der Waals surface area contributed by atoms with Crippen LogP contribution in [0.15, 0.2) is 47.1 Å². The molecule has 2 fully saturated rings. The molecule has 5 nitrogen and oxygen atoms in total. The first-order chi connectivity index (χ1) is 13.2. The molecule has 2 aliphatic heterocycles. The lowest BCUT2D eigenvalue weighted by Crippen LogP contribution is -2.52. The first kappa shape index (κ1) is 16.9. The second kappa shape index (κ2) is 6.71. The minimum atomic E-state index is -0.185. The fourth-order valence-corrected chi connectivity index (χ4v) is 4.50. The molecule has 0 bridgehead atoms. The maximum atomic E-state index is 12.6. The molecule has 1 aliphatic carbocycles. The van der Waals surface area contributed by atoms with Crippen molar-refractivity contribution in [3.63, 3.8) is 0 Å². The molecule has 1 N–H and O–H groups in total. The summed E-state index contributed by atoms with van der Waals surface area (Å²) in [7, 11) is 0. The summed E-state index contributed by atoms with van der Waals surface area (Å²) in [5.41, 5.74) is 0.874. The van der Waals surface area contributed by atoms with Gasteiger partial charge < -0.3 is 19.4 Å². The highest BCUT2D eigenvalue weighted by molar-refractivity contribution is 5.91. The summed E-state index contributed by atoms with van der Waals surface area (Å²) in [6.07, 6.45) is 7.17. The number of hydrogen-bond acceptors (Lipinski definition) is 4. The molecule has 1 aromatic carbocycles. The molecular weight excluding hydrogens is 340 g/mol. The van der Waals surface area contributed by atoms with E-state index < -0.39 is 0 Å². The van der Waals surface area contributed by atoms with Crippen LogP contribution >= 0.6 is 0 Å². The van der Waals surface area contributed by atoms with Crippen LogP contribution in [-0.4, -0.2) is 36.0 Å². The molecule has 1 amide bonds. The van der Waals surface area contributed by atoms with Crippen molar-refractivity contribution < 1.29 is 13.9 Å². The van der Waals surface area contributed by atoms with Gasteiger partial charge in [-0.1, -0.05) is 18.2 Å². The van der Waals surface area contributed by atoms with Gasteiger partial charge in [-0.3, -0.25) is 4.79 Å². The quantitative estimate of drug-likeness (QED) is 0.895. The predicted molar refractivity (Wildman–Crippen MR) is 102 cm³/mol. The van der Waals surface area contributed by atoms with Crippen LogP contribution in [-0.2, 0) is 0 Å². The smallest absolute Gasteiger partial charge is 0.287 e. The van der Waals surface area contributed by atoms with Gasteiger partial charge in [0.1, 0.15) is 11.4 Å². The third kappa shape index (κ3) is 3.48. The van der Waals surface area contributed by atoms with Crippen LogP contribution in [0.4, 0.5) is 0 Å². The van der Waals surface area contributed by atoms with Crippen LogP contribution in [0.1, 0.15) is 54.3 Å². The summed E-state index contributed by atoms with van der Waals surface area (Å²) in [4.78, 5) is 15.2. The van der Waals surface area contributed by atoms with Gasteiger partial charge in [-0.25, -0.2) is 0 Å². The molecule has 142 valence electrons. The van der Waals surface area contributed by atoms with Gasteiger partial charge in [-0.2, -0.15) is 0 Å². The number of rotatable bonds is 4. The highest BCUT2D eigenvalue weighted by atomic mass is 16.5. The van der Waals surface area contributed by atoms with Crippen LogP contribution in [0.5, 0.6) is 5.75 Å². The summed E-state index contributed by atoms with van der Waals surface area (Å²) in [5, 5.41) is 3.18. The van der Waals surface area contributed by atoms with Crippen molar-refractivity contribution in [2.75, 3.05) is 19.6 Å². The summed E-state index contributed by atoms with van der Waals surface area (Å²) in [6.45, 7) is 3.40. The topological polar surface area (TPSA) is 54.7 Å². The molecule has 1 spiro atoms. The Kier molecular flexibility index (Phi) is 4.20. The summed E-state index contributed by atoms with van der Waals surface area (Å²) < 4.78 is 11.8. The van der Waals surface area contributed by atoms with E-state index in [-0.39, 0.29) is 17.6 Å². The Morgan fingerprint density at radius 2 is 1.96 bits per heavy atom. The third-order valence-electron chi connectivity index (χ3n) is 6.23. The van der Waals surface area contributed by atoms with Crippen molar-refractivity contribution >= 4 is 5.91 Å². The Balaban J connectivity index is 1.34. The Labute approximate surface area is 159 Å². The number of nitrogens with zero attached hydrogens (tertiary/aromatic N) is 1. The molecule has 1 atom stereocenters. The Morgan fingerprint density at radius 3 is 2.70 bits per heavy atom. The van der Waals surface area contributed by atoms with E-state index in [0.717, 1.165) is 49.6 Å². The molecule has 5 rings (SSSR count). The first-order valence-electron chi connectivity index (χ1n) is 10.1. The molecule has 1 saturated carbocycles. The van der Waals surface area contributed by atoms with Gasteiger partial charge >= 0.3 is 0 Å². The van der Waals surface area contributed by atoms with Gasteiger partial charge in [-0.05, 0) is 49.8 Å². The van der Waals surface area contributed by atoms with Crippen molar-refractivity contribution in [2.24, 2.45) is 5.92 Å². The molecular formula is C22H26N2O3. The maximum Gasteiger partial charge on any atom is 0.287 e. The number of piperidine rings is 1. The van der Waals surface area contributed by atoms with Crippen molar-refractivity contribution in [3.8, 4) is 5.75 Å². The Morgan fingerprint density at radius 1 is 1.15 bits per heavy atom. The number of fused-ring (bicyclic) bond motifs is 1. The van der Waals surface area contributed by atoms with E-state index in [4.69, 9.17) is 9.15 Å². The van der Waals surface area contributed by atoms with E-state index in [1.807, 2.05) is 18.2 Å². The zero-order valence-electron chi connectivity index (χ0n) is 15.5. The summed E-state index contributed by atoms with van der Waals surface area (Å²) in [6, 6.07) is 11.5. The zero-order chi connectivity index (χ0) is 18.3. The van der Waals surface area contributed by atoms with E-state index in [1.165, 1.54) is 25.6 Å². The number of carbonyl (C=O) groups is 1. The molecule has 3 aliphatic rings. The van der Waals surface area contributed by atoms with Crippen LogP contribution in [0, 0.1) is 5.92 Å². The van der Waals surface area contributed by atoms with Gasteiger partial charge in [0, 0.05) is 31.6 Å². The molecule has 2 aromatic rings. The van der Waals surface area contributed by atoms with Crippen molar-refractivity contribution in [3.05, 3.63) is 54.0 Å². The second-order valence-electron chi connectivity index (χ2n) is 8.27. The summed E-state index contributed by atoms with van der Waals surface area (Å²) >= 11 is 0. The predicted octanol–water partition coefficient (Wildman–Crippen LogP) is 3.78. The largest absolute Gasteiger partial charge is 0.487 e. The Hall–Kier alpha value is -2.27. The minimum Gasteiger partial charge on any atom is -0.487 e. The van der Waals surface area contributed by atoms with Crippen LogP contribution in [0.2, 0.25) is 0 Å². The van der Waals surface area contributed by atoms with Gasteiger partial charge in [-0.15, -0.1) is 0 Å². The number of para-hydroxylation sites is 1. The maximum absolute atomic E-state index is 12.6. The molecule has 5 heteroatoms. The number of benzene rings is 1. The van der Waals surface area contributed by atoms with E-state index >= 15 is 0 Å². The standard InChI is InChI=1S/C22H26N2O3/c25-21(20-6-3-13-26-20)23-18-14-22(27-19-5-2-1-4-17(18)19)9-11-24(12-10-22)15-16-7-8-16/h1-6,13,16,18H,7-12,14-15H2,(H,23,25)/t18-/m1/s1. The average molecular weight is 366 g/mol. The fraction of sp³-hybridized carbons (Fsp3) is 0.500. The number of nitrogens with one attached hydrogen (secondary N) is 1. The molecule has 1 saturated heterocycles. The van der Waals surface area contributed by atoms with Gasteiger partial charge in [0.25, 0.3) is 5.91 Å². The number of ether oxygens (including phenoxy) is 1. The monoisotopic (exact) mass is 366 g/mol. The van der Waals surface area contributed by atoms with Crippen molar-refractivity contribution in [2.45, 2.75) is 43.7 Å². The second-order valence-corrected chi connectivity index (χ2v) is 8.27. The van der Waals surface area contributed by atoms with Crippen LogP contribution < -0.4 is 10.1 Å². The SMILES string of the molecule is O=C(N[C@@H]1CC2(CCN(CC3CC3)CC2)Oc2ccccc21)c1ccco1. The number of amides is 1. The van der Waals surface area contributed by atoms with Crippen molar-refractivity contribution in [1.29, 1.82) is 0 Å². The van der Waals surface area contributed by atoms with Crippen LogP contribution in [0.25, 0.3) is 0 Å². The highest BCUT2D eigenvalue weighted by Crippen LogP contribution is 2.44. The zero-order valence-corrected chi connectivity index (χ0v) is 15.5. The lowest BCUT2D eigenvalue weighted by Gasteiger charge is -2.47. The molecule has 3 heterocycles. The number of furan rings is 1. The van der Waals surface area contributed by atoms with Gasteiger partial charge in [0.2, 0.25) is 0 Å². The molecule has 1 aromatic heterocycles. The Bertz CT molecular complexity index is 805. The summed E-state index contributed by atoms with van der Waals surface area (Å²) in [5.74, 6) is 2.02. The van der Waals surface area contributed by atoms with E-state index in [0.29, 0.717) is 5.76 Å². The third-order valence-corrected chi connectivity index (χ3v) is 6.23. The molecule has 0 unspecified atom stereocenters. The lowest BCUT2D eigenvalue weighted by molar-refractivity contribution is -0.0255. The normalized spacial score (nSPS) is 24.2. The van der Waals surface area contributed by atoms with Gasteiger partial charge in [0.05, 0.1) is 12.3 Å². The minimum absolute atomic E-state index is 0.0532. The number of carbonyl (C=O) groups excluding carboxylic acids is 1. The fourth-order valence-electron chi connectivity index (χ4n) is 4.50. The first-order valence-corrected chi connectivity index (χ1v) is 10.1. The van der Waals surface area contributed by atoms with E-state index in [9.17, 15) is 4.79 Å². The molecule has 27 heavy (non-hydrogen) atoms. The lowest BCUT2D eigenvalue weighted by atomic mass is 9.80. The molecule has 0 radical (unpaired) electrons. The number of hydrogen-bond donors (Lipinski definition) is 1. The van der Waals surface area contributed by atoms with Crippen molar-refractivity contribution in [1.82, 2.24) is 10.2 Å². The van der Waals surface area contributed by atoms with Gasteiger partial charge in [0.15, 0.2) is 5.76 Å².